The van der Waals surface area contributed by atoms with E-state index in [1.165, 1.54) is 67.3 Å². The topological polar surface area (TPSA) is 21.1 Å². The predicted molar refractivity (Wildman–Crippen MR) is 114 cm³/mol. The Hall–Kier alpha value is -1.77. The van der Waals surface area contributed by atoms with Crippen LogP contribution in [-0.2, 0) is 7.05 Å². The summed E-state index contributed by atoms with van der Waals surface area (Å²) in [5.41, 5.74) is 5.30. The third-order valence-corrected chi connectivity index (χ3v) is 5.36. The van der Waals surface area contributed by atoms with E-state index in [-0.39, 0.29) is 0 Å². The molecular formula is C23H37N3. The van der Waals surface area contributed by atoms with Crippen LogP contribution >= 0.6 is 0 Å². The standard InChI is InChI=1S/C15H19N3.C8H18/c1-11-6-7-17(2)15-5-4-12(8-14(11)15)13-9-16-18(3)10-13;1-3-5-7-8-6-4-2/h4-5,8-11H,6-7H2,1-3H3;3-8H2,1-2H3. The molecule has 0 radical (unpaired) electrons. The van der Waals surface area contributed by atoms with E-state index in [0.29, 0.717) is 5.92 Å². The number of aryl methyl sites for hydroxylation is 1. The molecule has 26 heavy (non-hydrogen) atoms. The molecule has 2 heterocycles. The molecule has 0 spiro atoms. The van der Waals surface area contributed by atoms with Crippen molar-refractivity contribution in [3.05, 3.63) is 36.2 Å². The lowest BCUT2D eigenvalue weighted by atomic mass is 9.89. The second-order valence-corrected chi connectivity index (χ2v) is 7.70. The number of aromatic nitrogens is 2. The molecule has 0 aliphatic carbocycles. The quantitative estimate of drug-likeness (QED) is 0.559. The number of unbranched alkanes of at least 4 members (excludes halogenated alkanes) is 5. The molecule has 1 aromatic carbocycles. The molecule has 1 aliphatic rings. The predicted octanol–water partition coefficient (Wildman–Crippen LogP) is 6.40. The van der Waals surface area contributed by atoms with Crippen LogP contribution in [-0.4, -0.2) is 23.4 Å². The SMILES string of the molecule is CC1CCN(C)c2ccc(-c3cnn(C)c3)cc21.CCCCCCCC. The van der Waals surface area contributed by atoms with Gasteiger partial charge in [0.05, 0.1) is 6.20 Å². The molecule has 0 N–H and O–H groups in total. The van der Waals surface area contributed by atoms with Gasteiger partial charge in [0.1, 0.15) is 0 Å². The smallest absolute Gasteiger partial charge is 0.0568 e. The summed E-state index contributed by atoms with van der Waals surface area (Å²) in [6, 6.07) is 6.77. The first-order chi connectivity index (χ1) is 12.6. The molecule has 0 bridgehead atoms. The van der Waals surface area contributed by atoms with Crippen molar-refractivity contribution in [3.63, 3.8) is 0 Å². The highest BCUT2D eigenvalue weighted by Crippen LogP contribution is 2.36. The van der Waals surface area contributed by atoms with Gasteiger partial charge in [0.2, 0.25) is 0 Å². The van der Waals surface area contributed by atoms with Gasteiger partial charge in [0.25, 0.3) is 0 Å². The number of rotatable bonds is 6. The number of benzene rings is 1. The van der Waals surface area contributed by atoms with Crippen LogP contribution in [0.1, 0.15) is 77.2 Å². The van der Waals surface area contributed by atoms with Crippen molar-refractivity contribution in [2.45, 2.75) is 71.6 Å². The molecule has 1 aliphatic heterocycles. The fraction of sp³-hybridized carbons (Fsp3) is 0.609. The fourth-order valence-corrected chi connectivity index (χ4v) is 3.56. The van der Waals surface area contributed by atoms with E-state index in [0.717, 1.165) is 6.54 Å². The average molecular weight is 356 g/mol. The average Bonchev–Trinajstić information content (AvgIpc) is 3.09. The first-order valence-electron chi connectivity index (χ1n) is 10.4. The summed E-state index contributed by atoms with van der Waals surface area (Å²) in [7, 11) is 4.13. The van der Waals surface area contributed by atoms with Crippen molar-refractivity contribution < 1.29 is 0 Å². The third-order valence-electron chi connectivity index (χ3n) is 5.36. The molecule has 3 rings (SSSR count). The van der Waals surface area contributed by atoms with Crippen LogP contribution in [0.15, 0.2) is 30.6 Å². The number of hydrogen-bond acceptors (Lipinski definition) is 2. The van der Waals surface area contributed by atoms with Crippen molar-refractivity contribution in [1.82, 2.24) is 9.78 Å². The highest BCUT2D eigenvalue weighted by Gasteiger charge is 2.20. The molecule has 1 aromatic heterocycles. The van der Waals surface area contributed by atoms with Gasteiger partial charge >= 0.3 is 0 Å². The van der Waals surface area contributed by atoms with E-state index in [1.807, 2.05) is 17.9 Å². The number of fused-ring (bicyclic) bond motifs is 1. The minimum absolute atomic E-state index is 0.646. The first-order valence-corrected chi connectivity index (χ1v) is 10.4. The van der Waals surface area contributed by atoms with Gasteiger partial charge in [-0.2, -0.15) is 5.10 Å². The molecule has 3 heteroatoms. The van der Waals surface area contributed by atoms with Crippen molar-refractivity contribution in [1.29, 1.82) is 0 Å². The van der Waals surface area contributed by atoms with Gasteiger partial charge in [-0.1, -0.05) is 65.4 Å². The van der Waals surface area contributed by atoms with Crippen molar-refractivity contribution in [2.75, 3.05) is 18.5 Å². The zero-order chi connectivity index (χ0) is 18.9. The monoisotopic (exact) mass is 355 g/mol. The van der Waals surface area contributed by atoms with Gasteiger partial charge in [-0.25, -0.2) is 0 Å². The lowest BCUT2D eigenvalue weighted by Gasteiger charge is -2.31. The summed E-state index contributed by atoms with van der Waals surface area (Å²) in [5.74, 6) is 0.646. The van der Waals surface area contributed by atoms with E-state index in [1.54, 1.807) is 0 Å². The van der Waals surface area contributed by atoms with Crippen LogP contribution in [0.3, 0.4) is 0 Å². The summed E-state index contributed by atoms with van der Waals surface area (Å²) < 4.78 is 1.85. The Morgan fingerprint density at radius 2 is 1.69 bits per heavy atom. The Morgan fingerprint density at radius 3 is 2.27 bits per heavy atom. The molecule has 2 aromatic rings. The van der Waals surface area contributed by atoms with Gasteiger partial charge in [-0.3, -0.25) is 4.68 Å². The molecule has 144 valence electrons. The maximum atomic E-state index is 4.25. The van der Waals surface area contributed by atoms with E-state index < -0.39 is 0 Å². The minimum atomic E-state index is 0.646. The Kier molecular flexibility index (Phi) is 8.21. The molecular weight excluding hydrogens is 318 g/mol. The Morgan fingerprint density at radius 1 is 1.00 bits per heavy atom. The summed E-state index contributed by atoms with van der Waals surface area (Å²) in [6.07, 6.45) is 13.7. The largest absolute Gasteiger partial charge is 0.374 e. The third kappa shape index (κ3) is 5.62. The van der Waals surface area contributed by atoms with Crippen molar-refractivity contribution >= 4 is 5.69 Å². The fourth-order valence-electron chi connectivity index (χ4n) is 3.56. The van der Waals surface area contributed by atoms with Crippen LogP contribution < -0.4 is 4.90 Å². The number of nitrogens with zero attached hydrogens (tertiary/aromatic N) is 3. The minimum Gasteiger partial charge on any atom is -0.374 e. The lowest BCUT2D eigenvalue weighted by molar-refractivity contribution is 0.624. The molecule has 1 unspecified atom stereocenters. The molecule has 3 nitrogen and oxygen atoms in total. The summed E-state index contributed by atoms with van der Waals surface area (Å²) >= 11 is 0. The Labute approximate surface area is 160 Å². The summed E-state index contributed by atoms with van der Waals surface area (Å²) in [4.78, 5) is 2.35. The normalized spacial score (nSPS) is 16.0. The summed E-state index contributed by atoms with van der Waals surface area (Å²) in [5, 5.41) is 4.25. The first kappa shape index (κ1) is 20.5. The van der Waals surface area contributed by atoms with Gasteiger partial charge in [-0.05, 0) is 35.6 Å². The Balaban J connectivity index is 0.000000260. The molecule has 0 saturated carbocycles. The highest BCUT2D eigenvalue weighted by molar-refractivity contribution is 5.69. The van der Waals surface area contributed by atoms with Crippen molar-refractivity contribution in [3.8, 4) is 11.1 Å². The van der Waals surface area contributed by atoms with E-state index in [2.05, 4.69) is 62.2 Å². The lowest BCUT2D eigenvalue weighted by Crippen LogP contribution is -2.26. The maximum Gasteiger partial charge on any atom is 0.0568 e. The number of hydrogen-bond donors (Lipinski definition) is 0. The number of anilines is 1. The van der Waals surface area contributed by atoms with E-state index in [9.17, 15) is 0 Å². The Bertz CT molecular complexity index is 653. The molecule has 1 atom stereocenters. The maximum absolute atomic E-state index is 4.25. The van der Waals surface area contributed by atoms with Crippen molar-refractivity contribution in [2.24, 2.45) is 7.05 Å². The van der Waals surface area contributed by atoms with Gasteiger partial charge in [-0.15, -0.1) is 0 Å². The van der Waals surface area contributed by atoms with Gasteiger partial charge in [0, 0.05) is 38.1 Å². The second-order valence-electron chi connectivity index (χ2n) is 7.70. The van der Waals surface area contributed by atoms with E-state index in [4.69, 9.17) is 0 Å². The molecule has 0 fully saturated rings. The van der Waals surface area contributed by atoms with Crippen LogP contribution in [0.2, 0.25) is 0 Å². The van der Waals surface area contributed by atoms with Crippen LogP contribution in [0.4, 0.5) is 5.69 Å². The van der Waals surface area contributed by atoms with Crippen LogP contribution in [0.5, 0.6) is 0 Å². The van der Waals surface area contributed by atoms with Crippen LogP contribution in [0, 0.1) is 0 Å². The van der Waals surface area contributed by atoms with E-state index >= 15 is 0 Å². The van der Waals surface area contributed by atoms with Gasteiger partial charge in [0.15, 0.2) is 0 Å². The summed E-state index contributed by atoms with van der Waals surface area (Å²) in [6.45, 7) is 7.98. The zero-order valence-corrected chi connectivity index (χ0v) is 17.5. The second kappa shape index (κ2) is 10.4. The molecule has 0 saturated heterocycles. The highest BCUT2D eigenvalue weighted by atomic mass is 15.2. The van der Waals surface area contributed by atoms with Crippen LogP contribution in [0.25, 0.3) is 11.1 Å². The zero-order valence-electron chi connectivity index (χ0n) is 17.5. The van der Waals surface area contributed by atoms with Gasteiger partial charge < -0.3 is 4.90 Å². The molecule has 0 amide bonds.